The van der Waals surface area contributed by atoms with Crippen LogP contribution in [0, 0.1) is 0 Å². The molecular formula is C15H16N2O2. The second-order valence-electron chi connectivity index (χ2n) is 4.33. The average Bonchev–Trinajstić information content (AvgIpc) is 2.42. The fraction of sp³-hybridized carbons (Fsp3) is 0.133. The lowest BCUT2D eigenvalue weighted by atomic mass is 10.1. The summed E-state index contributed by atoms with van der Waals surface area (Å²) in [6.07, 6.45) is 0.430. The maximum atomic E-state index is 11.9. The molecule has 0 aromatic heterocycles. The number of anilines is 1. The minimum absolute atomic E-state index is 0.200. The predicted octanol–water partition coefficient (Wildman–Crippen LogP) is 1.90. The van der Waals surface area contributed by atoms with Gasteiger partial charge in [0.25, 0.3) is 0 Å². The van der Waals surface area contributed by atoms with Crippen molar-refractivity contribution in [2.24, 2.45) is 5.73 Å². The Balaban J connectivity index is 1.94. The van der Waals surface area contributed by atoms with Gasteiger partial charge in [0.2, 0.25) is 5.91 Å². The standard InChI is InChI=1S/C15H16N2O2/c16-14(10-11-6-8-13(18)9-7-11)15(19)17-12-4-2-1-3-5-12/h1-9,14,18H,10,16H2,(H,17,19)/t14-/m1/s1. The van der Waals surface area contributed by atoms with E-state index in [1.807, 2.05) is 30.3 Å². The molecule has 1 atom stereocenters. The molecule has 1 amide bonds. The van der Waals surface area contributed by atoms with Crippen LogP contribution in [0.15, 0.2) is 54.6 Å². The Morgan fingerprint density at radius 1 is 1.11 bits per heavy atom. The van der Waals surface area contributed by atoms with E-state index in [1.165, 1.54) is 0 Å². The topological polar surface area (TPSA) is 75.3 Å². The number of phenols is 1. The SMILES string of the molecule is N[C@H](Cc1ccc(O)cc1)C(=O)Nc1ccccc1. The number of hydrogen-bond acceptors (Lipinski definition) is 3. The van der Waals surface area contributed by atoms with Gasteiger partial charge in [-0.2, -0.15) is 0 Å². The van der Waals surface area contributed by atoms with E-state index in [1.54, 1.807) is 24.3 Å². The number of amides is 1. The molecule has 2 aromatic rings. The maximum absolute atomic E-state index is 11.9. The lowest BCUT2D eigenvalue weighted by molar-refractivity contribution is -0.117. The van der Waals surface area contributed by atoms with Gasteiger partial charge in [-0.25, -0.2) is 0 Å². The van der Waals surface area contributed by atoms with Crippen LogP contribution in [0.4, 0.5) is 5.69 Å². The summed E-state index contributed by atoms with van der Waals surface area (Å²) in [6, 6.07) is 15.2. The number of para-hydroxylation sites is 1. The summed E-state index contributed by atoms with van der Waals surface area (Å²) < 4.78 is 0. The Morgan fingerprint density at radius 3 is 2.37 bits per heavy atom. The predicted molar refractivity (Wildman–Crippen MR) is 74.9 cm³/mol. The fourth-order valence-electron chi connectivity index (χ4n) is 1.74. The molecule has 0 heterocycles. The lowest BCUT2D eigenvalue weighted by Gasteiger charge is -2.12. The Morgan fingerprint density at radius 2 is 1.74 bits per heavy atom. The molecular weight excluding hydrogens is 240 g/mol. The second-order valence-corrected chi connectivity index (χ2v) is 4.33. The van der Waals surface area contributed by atoms with Gasteiger partial charge in [0.15, 0.2) is 0 Å². The highest BCUT2D eigenvalue weighted by Crippen LogP contribution is 2.12. The highest BCUT2D eigenvalue weighted by molar-refractivity contribution is 5.94. The normalized spacial score (nSPS) is 11.8. The van der Waals surface area contributed by atoms with Gasteiger partial charge in [0.1, 0.15) is 5.75 Å². The minimum Gasteiger partial charge on any atom is -0.508 e. The summed E-state index contributed by atoms with van der Waals surface area (Å²) in [5.74, 6) is -0.0228. The third-order valence-electron chi connectivity index (χ3n) is 2.77. The molecule has 19 heavy (non-hydrogen) atoms. The van der Waals surface area contributed by atoms with E-state index in [4.69, 9.17) is 5.73 Å². The lowest BCUT2D eigenvalue weighted by Crippen LogP contribution is -2.37. The van der Waals surface area contributed by atoms with Gasteiger partial charge in [-0.15, -0.1) is 0 Å². The van der Waals surface area contributed by atoms with Crippen LogP contribution in [0.2, 0.25) is 0 Å². The van der Waals surface area contributed by atoms with Gasteiger partial charge in [0, 0.05) is 5.69 Å². The van der Waals surface area contributed by atoms with Gasteiger partial charge in [-0.05, 0) is 36.2 Å². The first-order valence-corrected chi connectivity index (χ1v) is 6.04. The maximum Gasteiger partial charge on any atom is 0.241 e. The minimum atomic E-state index is -0.621. The number of hydrogen-bond donors (Lipinski definition) is 3. The summed E-state index contributed by atoms with van der Waals surface area (Å²) in [6.45, 7) is 0. The molecule has 0 fully saturated rings. The molecule has 4 nitrogen and oxygen atoms in total. The van der Waals surface area contributed by atoms with Gasteiger partial charge in [-0.3, -0.25) is 4.79 Å². The summed E-state index contributed by atoms with van der Waals surface area (Å²) >= 11 is 0. The van der Waals surface area contributed by atoms with Crippen LogP contribution in [0.5, 0.6) is 5.75 Å². The van der Waals surface area contributed by atoms with Crippen LogP contribution in [0.25, 0.3) is 0 Å². The quantitative estimate of drug-likeness (QED) is 0.782. The monoisotopic (exact) mass is 256 g/mol. The number of carbonyl (C=O) groups excluding carboxylic acids is 1. The van der Waals surface area contributed by atoms with E-state index in [-0.39, 0.29) is 11.7 Å². The molecule has 0 saturated heterocycles. The van der Waals surface area contributed by atoms with E-state index in [2.05, 4.69) is 5.32 Å². The van der Waals surface area contributed by atoms with Crippen molar-refractivity contribution in [3.8, 4) is 5.75 Å². The first kappa shape index (κ1) is 13.1. The third-order valence-corrected chi connectivity index (χ3v) is 2.77. The van der Waals surface area contributed by atoms with Crippen molar-refractivity contribution >= 4 is 11.6 Å². The highest BCUT2D eigenvalue weighted by Gasteiger charge is 2.14. The zero-order valence-electron chi connectivity index (χ0n) is 10.4. The number of nitrogens with one attached hydrogen (secondary N) is 1. The Labute approximate surface area is 111 Å². The Hall–Kier alpha value is -2.33. The smallest absolute Gasteiger partial charge is 0.241 e. The highest BCUT2D eigenvalue weighted by atomic mass is 16.3. The molecule has 0 spiro atoms. The molecule has 0 unspecified atom stereocenters. The summed E-state index contributed by atoms with van der Waals surface area (Å²) in [7, 11) is 0. The molecule has 98 valence electrons. The largest absolute Gasteiger partial charge is 0.508 e. The van der Waals surface area contributed by atoms with E-state index in [9.17, 15) is 9.90 Å². The number of phenolic OH excluding ortho intramolecular Hbond substituents is 1. The molecule has 4 N–H and O–H groups in total. The summed E-state index contributed by atoms with van der Waals surface area (Å²) in [5.41, 5.74) is 7.50. The summed E-state index contributed by atoms with van der Waals surface area (Å²) in [5, 5.41) is 11.9. The van der Waals surface area contributed by atoms with Crippen LogP contribution >= 0.6 is 0 Å². The van der Waals surface area contributed by atoms with E-state index in [0.29, 0.717) is 6.42 Å². The van der Waals surface area contributed by atoms with Crippen LogP contribution in [-0.4, -0.2) is 17.1 Å². The van der Waals surface area contributed by atoms with Crippen molar-refractivity contribution in [2.45, 2.75) is 12.5 Å². The van der Waals surface area contributed by atoms with Crippen LogP contribution < -0.4 is 11.1 Å². The van der Waals surface area contributed by atoms with E-state index in [0.717, 1.165) is 11.3 Å². The molecule has 0 aliphatic rings. The van der Waals surface area contributed by atoms with Crippen molar-refractivity contribution in [1.29, 1.82) is 0 Å². The Bertz CT molecular complexity index is 538. The molecule has 0 aliphatic heterocycles. The third kappa shape index (κ3) is 3.82. The van der Waals surface area contributed by atoms with Crippen molar-refractivity contribution in [3.05, 3.63) is 60.2 Å². The molecule has 0 bridgehead atoms. The summed E-state index contributed by atoms with van der Waals surface area (Å²) in [4.78, 5) is 11.9. The first-order chi connectivity index (χ1) is 9.15. The van der Waals surface area contributed by atoms with Crippen LogP contribution in [0.1, 0.15) is 5.56 Å². The van der Waals surface area contributed by atoms with Gasteiger partial charge in [-0.1, -0.05) is 30.3 Å². The number of aromatic hydroxyl groups is 1. The fourth-order valence-corrected chi connectivity index (χ4v) is 1.74. The second kappa shape index (κ2) is 6.02. The average molecular weight is 256 g/mol. The van der Waals surface area contributed by atoms with Crippen LogP contribution in [-0.2, 0) is 11.2 Å². The number of rotatable bonds is 4. The van der Waals surface area contributed by atoms with Gasteiger partial charge in [0.05, 0.1) is 6.04 Å². The number of benzene rings is 2. The van der Waals surface area contributed by atoms with Crippen molar-refractivity contribution in [3.63, 3.8) is 0 Å². The van der Waals surface area contributed by atoms with Gasteiger partial charge >= 0.3 is 0 Å². The van der Waals surface area contributed by atoms with Crippen molar-refractivity contribution in [1.82, 2.24) is 0 Å². The molecule has 0 aliphatic carbocycles. The molecule has 0 saturated carbocycles. The number of carbonyl (C=O) groups is 1. The Kier molecular flexibility index (Phi) is 4.15. The van der Waals surface area contributed by atoms with E-state index >= 15 is 0 Å². The zero-order chi connectivity index (χ0) is 13.7. The van der Waals surface area contributed by atoms with Crippen LogP contribution in [0.3, 0.4) is 0 Å². The van der Waals surface area contributed by atoms with Crippen molar-refractivity contribution in [2.75, 3.05) is 5.32 Å². The molecule has 2 aromatic carbocycles. The van der Waals surface area contributed by atoms with Crippen molar-refractivity contribution < 1.29 is 9.90 Å². The number of nitrogens with two attached hydrogens (primary N) is 1. The molecule has 2 rings (SSSR count). The zero-order valence-corrected chi connectivity index (χ0v) is 10.4. The molecule has 0 radical (unpaired) electrons. The first-order valence-electron chi connectivity index (χ1n) is 6.04. The van der Waals surface area contributed by atoms with E-state index < -0.39 is 6.04 Å². The molecule has 4 heteroatoms. The van der Waals surface area contributed by atoms with Gasteiger partial charge < -0.3 is 16.2 Å².